The molecule has 2 amide bonds. The van der Waals surface area contributed by atoms with Gasteiger partial charge in [0.2, 0.25) is 5.91 Å². The van der Waals surface area contributed by atoms with Crippen LogP contribution in [-0.4, -0.2) is 41.5 Å². The SMILES string of the molecule is COc1ccc(CN(C(=O)COc2ccccc2)C(C)C(=O)NCc2ccncc2)cc1. The Hall–Kier alpha value is -3.87. The van der Waals surface area contributed by atoms with E-state index in [2.05, 4.69) is 10.3 Å². The summed E-state index contributed by atoms with van der Waals surface area (Å²) in [6, 6.07) is 19.5. The van der Waals surface area contributed by atoms with E-state index in [1.54, 1.807) is 38.6 Å². The van der Waals surface area contributed by atoms with Crippen LogP contribution in [0.1, 0.15) is 18.1 Å². The molecule has 1 heterocycles. The van der Waals surface area contributed by atoms with Crippen LogP contribution in [0.2, 0.25) is 0 Å². The van der Waals surface area contributed by atoms with Crippen molar-refractivity contribution in [2.24, 2.45) is 0 Å². The summed E-state index contributed by atoms with van der Waals surface area (Å²) in [5.74, 6) is 0.793. The van der Waals surface area contributed by atoms with E-state index in [1.165, 1.54) is 4.90 Å². The Bertz CT molecular complexity index is 995. The maximum atomic E-state index is 13.1. The van der Waals surface area contributed by atoms with E-state index in [0.29, 0.717) is 12.3 Å². The number of benzene rings is 2. The lowest BCUT2D eigenvalue weighted by atomic mass is 10.1. The molecular weight excluding hydrogens is 406 g/mol. The van der Waals surface area contributed by atoms with Crippen molar-refractivity contribution in [3.8, 4) is 11.5 Å². The second-order valence-electron chi connectivity index (χ2n) is 7.22. The highest BCUT2D eigenvalue weighted by Crippen LogP contribution is 2.16. The average Bonchev–Trinajstić information content (AvgIpc) is 2.85. The van der Waals surface area contributed by atoms with Gasteiger partial charge in [-0.15, -0.1) is 0 Å². The molecule has 0 aliphatic carbocycles. The Balaban J connectivity index is 1.69. The zero-order valence-electron chi connectivity index (χ0n) is 18.2. The number of aromatic nitrogens is 1. The topological polar surface area (TPSA) is 80.8 Å². The average molecular weight is 434 g/mol. The Morgan fingerprint density at radius 2 is 1.62 bits per heavy atom. The van der Waals surface area contributed by atoms with Gasteiger partial charge in [0.05, 0.1) is 7.11 Å². The van der Waals surface area contributed by atoms with Gasteiger partial charge in [-0.2, -0.15) is 0 Å². The molecule has 1 aromatic heterocycles. The van der Waals surface area contributed by atoms with Crippen molar-refractivity contribution in [2.45, 2.75) is 26.1 Å². The molecule has 7 nitrogen and oxygen atoms in total. The van der Waals surface area contributed by atoms with Crippen molar-refractivity contribution in [1.82, 2.24) is 15.2 Å². The second kappa shape index (κ2) is 11.5. The molecule has 32 heavy (non-hydrogen) atoms. The summed E-state index contributed by atoms with van der Waals surface area (Å²) in [6.07, 6.45) is 3.34. The van der Waals surface area contributed by atoms with Gasteiger partial charge in [0.1, 0.15) is 17.5 Å². The highest BCUT2D eigenvalue weighted by atomic mass is 16.5. The Labute approximate surface area is 188 Å². The Morgan fingerprint density at radius 3 is 2.28 bits per heavy atom. The number of hydrogen-bond donors (Lipinski definition) is 1. The van der Waals surface area contributed by atoms with Crippen LogP contribution in [-0.2, 0) is 22.7 Å². The lowest BCUT2D eigenvalue weighted by Crippen LogP contribution is -2.48. The van der Waals surface area contributed by atoms with E-state index < -0.39 is 6.04 Å². The van der Waals surface area contributed by atoms with Crippen molar-refractivity contribution in [2.75, 3.05) is 13.7 Å². The van der Waals surface area contributed by atoms with Crippen LogP contribution >= 0.6 is 0 Å². The monoisotopic (exact) mass is 433 g/mol. The Kier molecular flexibility index (Phi) is 8.20. The highest BCUT2D eigenvalue weighted by Gasteiger charge is 2.26. The molecule has 3 rings (SSSR count). The minimum atomic E-state index is -0.689. The summed E-state index contributed by atoms with van der Waals surface area (Å²) in [6.45, 7) is 2.18. The predicted octanol–water partition coefficient (Wildman–Crippen LogP) is 3.20. The number of pyridine rings is 1. The zero-order valence-corrected chi connectivity index (χ0v) is 18.2. The van der Waals surface area contributed by atoms with Crippen molar-refractivity contribution < 1.29 is 19.1 Å². The zero-order chi connectivity index (χ0) is 22.8. The maximum Gasteiger partial charge on any atom is 0.261 e. The van der Waals surface area contributed by atoms with Gasteiger partial charge in [0.15, 0.2) is 6.61 Å². The first-order chi connectivity index (χ1) is 15.6. The summed E-state index contributed by atoms with van der Waals surface area (Å²) in [4.78, 5) is 31.4. The van der Waals surface area contributed by atoms with Crippen LogP contribution in [0.25, 0.3) is 0 Å². The van der Waals surface area contributed by atoms with Gasteiger partial charge in [0, 0.05) is 25.5 Å². The molecule has 3 aromatic rings. The fraction of sp³-hybridized carbons (Fsp3) is 0.240. The largest absolute Gasteiger partial charge is 0.497 e. The molecule has 0 spiro atoms. The first-order valence-electron chi connectivity index (χ1n) is 10.3. The van der Waals surface area contributed by atoms with Gasteiger partial charge in [-0.1, -0.05) is 30.3 Å². The minimum absolute atomic E-state index is 0.165. The fourth-order valence-corrected chi connectivity index (χ4v) is 3.09. The third-order valence-corrected chi connectivity index (χ3v) is 5.00. The molecule has 7 heteroatoms. The molecule has 0 aliphatic rings. The molecule has 0 saturated carbocycles. The highest BCUT2D eigenvalue weighted by molar-refractivity contribution is 5.87. The van der Waals surface area contributed by atoms with Gasteiger partial charge in [-0.25, -0.2) is 0 Å². The summed E-state index contributed by atoms with van der Waals surface area (Å²) in [5, 5.41) is 2.89. The van der Waals surface area contributed by atoms with Crippen molar-refractivity contribution in [1.29, 1.82) is 0 Å². The molecule has 1 unspecified atom stereocenters. The summed E-state index contributed by atoms with van der Waals surface area (Å²) >= 11 is 0. The van der Waals surface area contributed by atoms with Gasteiger partial charge in [-0.3, -0.25) is 14.6 Å². The number of nitrogens with one attached hydrogen (secondary N) is 1. The summed E-state index contributed by atoms with van der Waals surface area (Å²) < 4.78 is 10.8. The summed E-state index contributed by atoms with van der Waals surface area (Å²) in [5.41, 5.74) is 1.81. The number of carbonyl (C=O) groups is 2. The van der Waals surface area contributed by atoms with Crippen LogP contribution < -0.4 is 14.8 Å². The number of methoxy groups -OCH3 is 1. The summed E-state index contributed by atoms with van der Waals surface area (Å²) in [7, 11) is 1.60. The Morgan fingerprint density at radius 1 is 0.938 bits per heavy atom. The van der Waals surface area contributed by atoms with Crippen molar-refractivity contribution in [3.05, 3.63) is 90.3 Å². The molecular formula is C25H27N3O4. The van der Waals surface area contributed by atoms with Gasteiger partial charge in [0.25, 0.3) is 5.91 Å². The standard InChI is InChI=1S/C25H27N3O4/c1-19(25(30)27-16-20-12-14-26-15-13-20)28(17-21-8-10-22(31-2)11-9-21)24(29)18-32-23-6-4-3-5-7-23/h3-15,19H,16-18H2,1-2H3,(H,27,30). The molecule has 1 N–H and O–H groups in total. The molecule has 0 bridgehead atoms. The van der Waals surface area contributed by atoms with Crippen LogP contribution in [0.4, 0.5) is 0 Å². The third kappa shape index (κ3) is 6.57. The van der Waals surface area contributed by atoms with Gasteiger partial charge < -0.3 is 19.7 Å². The van der Waals surface area contributed by atoms with E-state index in [9.17, 15) is 9.59 Å². The van der Waals surface area contributed by atoms with E-state index >= 15 is 0 Å². The number of para-hydroxylation sites is 1. The molecule has 1 atom stereocenters. The van der Waals surface area contributed by atoms with Crippen molar-refractivity contribution >= 4 is 11.8 Å². The predicted molar refractivity (Wildman–Crippen MR) is 121 cm³/mol. The molecule has 0 saturated heterocycles. The lowest BCUT2D eigenvalue weighted by molar-refractivity contribution is -0.142. The number of hydrogen-bond acceptors (Lipinski definition) is 5. The van der Waals surface area contributed by atoms with Crippen molar-refractivity contribution in [3.63, 3.8) is 0 Å². The molecule has 0 radical (unpaired) electrons. The van der Waals surface area contributed by atoms with Gasteiger partial charge >= 0.3 is 0 Å². The molecule has 0 aliphatic heterocycles. The normalized spacial score (nSPS) is 11.3. The third-order valence-electron chi connectivity index (χ3n) is 5.00. The van der Waals surface area contributed by atoms with Crippen LogP contribution in [0.3, 0.4) is 0 Å². The molecule has 166 valence electrons. The first-order valence-corrected chi connectivity index (χ1v) is 10.3. The minimum Gasteiger partial charge on any atom is -0.497 e. The van der Waals surface area contributed by atoms with E-state index in [-0.39, 0.29) is 25.0 Å². The van der Waals surface area contributed by atoms with E-state index in [1.807, 2.05) is 54.6 Å². The van der Waals surface area contributed by atoms with E-state index in [4.69, 9.17) is 9.47 Å². The van der Waals surface area contributed by atoms with Gasteiger partial charge in [-0.05, 0) is 54.4 Å². The van der Waals surface area contributed by atoms with Crippen LogP contribution in [0, 0.1) is 0 Å². The fourth-order valence-electron chi connectivity index (χ4n) is 3.09. The maximum absolute atomic E-state index is 13.1. The second-order valence-corrected chi connectivity index (χ2v) is 7.22. The molecule has 2 aromatic carbocycles. The quantitative estimate of drug-likeness (QED) is 0.531. The number of amides is 2. The number of ether oxygens (including phenoxy) is 2. The molecule has 0 fully saturated rings. The van der Waals surface area contributed by atoms with Crippen LogP contribution in [0.15, 0.2) is 79.1 Å². The lowest BCUT2D eigenvalue weighted by Gasteiger charge is -2.29. The number of rotatable bonds is 10. The first kappa shape index (κ1) is 22.8. The number of carbonyl (C=O) groups excluding carboxylic acids is 2. The van der Waals surface area contributed by atoms with Crippen LogP contribution in [0.5, 0.6) is 11.5 Å². The van der Waals surface area contributed by atoms with E-state index in [0.717, 1.165) is 16.9 Å². The number of nitrogens with zero attached hydrogens (tertiary/aromatic N) is 2. The smallest absolute Gasteiger partial charge is 0.261 e.